The molecule has 2 aliphatic heterocycles. The molecule has 1 unspecified atom stereocenters. The molecule has 1 aromatic carbocycles. The Hall–Kier alpha value is -3.63. The Labute approximate surface area is 203 Å². The van der Waals surface area contributed by atoms with E-state index in [0.717, 1.165) is 31.7 Å². The highest BCUT2D eigenvalue weighted by molar-refractivity contribution is 5.89. The molecule has 3 aromatic rings. The van der Waals surface area contributed by atoms with Crippen LogP contribution in [0, 0.1) is 0 Å². The van der Waals surface area contributed by atoms with Gasteiger partial charge in [0.1, 0.15) is 18.5 Å². The second-order valence-electron chi connectivity index (χ2n) is 8.67. The predicted octanol–water partition coefficient (Wildman–Crippen LogP) is 2.06. The number of amides is 1. The lowest BCUT2D eigenvalue weighted by Gasteiger charge is -2.31. The van der Waals surface area contributed by atoms with Crippen LogP contribution in [-0.4, -0.2) is 85.3 Å². The number of piperazine rings is 1. The Kier molecular flexibility index (Phi) is 6.82. The number of aromatic nitrogens is 2. The fourth-order valence-corrected chi connectivity index (χ4v) is 4.11. The van der Waals surface area contributed by atoms with Crippen LogP contribution in [0.2, 0.25) is 0 Å². The smallest absolute Gasteiger partial charge is 0.307 e. The molecule has 0 saturated carbocycles. The van der Waals surface area contributed by atoms with Crippen molar-refractivity contribution in [2.24, 2.45) is 0 Å². The highest BCUT2D eigenvalue weighted by Crippen LogP contribution is 2.40. The number of carbonyl (C=O) groups excluding carboxylic acids is 1. The highest BCUT2D eigenvalue weighted by Gasteiger charge is 2.26. The van der Waals surface area contributed by atoms with Crippen molar-refractivity contribution in [2.45, 2.75) is 12.6 Å². The molecule has 0 radical (unpaired) electrons. The van der Waals surface area contributed by atoms with Crippen LogP contribution in [0.3, 0.4) is 0 Å². The van der Waals surface area contributed by atoms with Gasteiger partial charge in [0.15, 0.2) is 11.5 Å². The first-order valence-electron chi connectivity index (χ1n) is 11.7. The number of methoxy groups -OCH3 is 1. The van der Waals surface area contributed by atoms with E-state index in [1.54, 1.807) is 19.4 Å². The van der Waals surface area contributed by atoms with E-state index in [1.807, 2.05) is 30.3 Å². The minimum absolute atomic E-state index is 0.0486. The zero-order valence-electron chi connectivity index (χ0n) is 19.9. The van der Waals surface area contributed by atoms with Crippen LogP contribution in [-0.2, 0) is 6.54 Å². The monoisotopic (exact) mass is 479 g/mol. The molecule has 1 fully saturated rings. The van der Waals surface area contributed by atoms with E-state index in [9.17, 15) is 4.79 Å². The van der Waals surface area contributed by atoms with Crippen LogP contribution < -0.4 is 19.5 Å². The van der Waals surface area contributed by atoms with E-state index in [0.29, 0.717) is 42.0 Å². The van der Waals surface area contributed by atoms with Gasteiger partial charge >= 0.3 is 5.91 Å². The number of benzene rings is 1. The molecule has 0 bridgehead atoms. The maximum Gasteiger partial charge on any atom is 0.307 e. The molecule has 0 aliphatic carbocycles. The van der Waals surface area contributed by atoms with Crippen molar-refractivity contribution in [3.05, 3.63) is 54.2 Å². The molecule has 5 rings (SSSR count). The Morgan fingerprint density at radius 2 is 2.00 bits per heavy atom. The Morgan fingerprint density at radius 3 is 2.83 bits per heavy atom. The van der Waals surface area contributed by atoms with Gasteiger partial charge in [0.2, 0.25) is 5.88 Å². The summed E-state index contributed by atoms with van der Waals surface area (Å²) >= 11 is 0. The normalized spacial score (nSPS) is 18.3. The summed E-state index contributed by atoms with van der Waals surface area (Å²) in [5.74, 6) is 2.08. The number of para-hydroxylation sites is 1. The van der Waals surface area contributed by atoms with E-state index in [1.165, 1.54) is 0 Å². The lowest BCUT2D eigenvalue weighted by Crippen LogP contribution is -2.43. The molecule has 2 aliphatic rings. The molecular weight excluding hydrogens is 450 g/mol. The van der Waals surface area contributed by atoms with Gasteiger partial charge in [-0.3, -0.25) is 9.69 Å². The summed E-state index contributed by atoms with van der Waals surface area (Å²) < 4.78 is 23.1. The number of likely N-dealkylation sites (N-methyl/N-ethyl adjacent to an activating group) is 1. The molecule has 1 N–H and O–H groups in total. The lowest BCUT2D eigenvalue weighted by atomic mass is 10.1. The van der Waals surface area contributed by atoms with Gasteiger partial charge in [0.05, 0.1) is 32.1 Å². The average Bonchev–Trinajstić information content (AvgIpc) is 3.37. The van der Waals surface area contributed by atoms with Gasteiger partial charge in [-0.15, -0.1) is 0 Å². The van der Waals surface area contributed by atoms with E-state index in [2.05, 4.69) is 32.1 Å². The molecule has 10 heteroatoms. The largest absolute Gasteiger partial charge is 0.486 e. The van der Waals surface area contributed by atoms with E-state index < -0.39 is 0 Å². The third kappa shape index (κ3) is 5.39. The average molecular weight is 480 g/mol. The first-order chi connectivity index (χ1) is 17.1. The Bertz CT molecular complexity index is 1170. The van der Waals surface area contributed by atoms with Crippen molar-refractivity contribution < 1.29 is 23.4 Å². The number of hydrogen-bond donors (Lipinski definition) is 1. The van der Waals surface area contributed by atoms with Crippen molar-refractivity contribution in [3.63, 3.8) is 0 Å². The van der Waals surface area contributed by atoms with Crippen LogP contribution >= 0.6 is 0 Å². The highest BCUT2D eigenvalue weighted by atomic mass is 16.6. The molecule has 4 heterocycles. The second kappa shape index (κ2) is 10.3. The van der Waals surface area contributed by atoms with E-state index in [-0.39, 0.29) is 24.4 Å². The van der Waals surface area contributed by atoms with Gasteiger partial charge < -0.3 is 28.8 Å². The van der Waals surface area contributed by atoms with Gasteiger partial charge in [-0.1, -0.05) is 12.1 Å². The molecule has 10 nitrogen and oxygen atoms in total. The molecular formula is C25H29N5O5. The van der Waals surface area contributed by atoms with Crippen LogP contribution in [0.15, 0.2) is 47.0 Å². The fraction of sp³-hybridized carbons (Fsp3) is 0.400. The number of rotatable bonds is 7. The van der Waals surface area contributed by atoms with Crippen LogP contribution in [0.5, 0.6) is 17.4 Å². The van der Waals surface area contributed by atoms with Crippen molar-refractivity contribution >= 4 is 5.91 Å². The van der Waals surface area contributed by atoms with Gasteiger partial charge in [0, 0.05) is 37.8 Å². The van der Waals surface area contributed by atoms with Crippen molar-refractivity contribution in [3.8, 4) is 28.6 Å². The summed E-state index contributed by atoms with van der Waals surface area (Å²) in [6, 6.07) is 11.2. The third-order valence-electron chi connectivity index (χ3n) is 6.11. The predicted molar refractivity (Wildman–Crippen MR) is 128 cm³/mol. The molecule has 35 heavy (non-hydrogen) atoms. The number of fused-ring (bicyclic) bond motifs is 1. The van der Waals surface area contributed by atoms with Gasteiger partial charge in [0.25, 0.3) is 5.89 Å². The van der Waals surface area contributed by atoms with Crippen molar-refractivity contribution in [2.75, 3.05) is 53.5 Å². The zero-order valence-corrected chi connectivity index (χ0v) is 19.9. The number of hydrogen-bond acceptors (Lipinski definition) is 9. The maximum absolute atomic E-state index is 12.6. The van der Waals surface area contributed by atoms with Crippen LogP contribution in [0.25, 0.3) is 11.3 Å². The molecule has 1 saturated heterocycles. The molecule has 2 aromatic heterocycles. The number of oxazole rings is 1. The summed E-state index contributed by atoms with van der Waals surface area (Å²) in [6.45, 7) is 5.16. The number of carbonyl (C=O) groups is 1. The molecule has 0 spiro atoms. The minimum Gasteiger partial charge on any atom is -0.486 e. The summed E-state index contributed by atoms with van der Waals surface area (Å²) in [5, 5.41) is 2.84. The maximum atomic E-state index is 12.6. The Balaban J connectivity index is 1.19. The van der Waals surface area contributed by atoms with Gasteiger partial charge in [-0.25, -0.2) is 9.97 Å². The summed E-state index contributed by atoms with van der Waals surface area (Å²) in [5.41, 5.74) is 1.50. The summed E-state index contributed by atoms with van der Waals surface area (Å²) in [6.07, 6.45) is 1.25. The SMILES string of the molecule is COc1cccc(-c2cccc3c2OC(CNC(=O)c2ncc(CN4CCN(C)CC4)o2)CO3)n1. The van der Waals surface area contributed by atoms with Crippen molar-refractivity contribution in [1.29, 1.82) is 0 Å². The first-order valence-corrected chi connectivity index (χ1v) is 11.7. The van der Waals surface area contributed by atoms with E-state index >= 15 is 0 Å². The summed E-state index contributed by atoms with van der Waals surface area (Å²) in [7, 11) is 3.69. The number of nitrogens with one attached hydrogen (secondary N) is 1. The topological polar surface area (TPSA) is 102 Å². The van der Waals surface area contributed by atoms with E-state index in [4.69, 9.17) is 18.6 Å². The van der Waals surface area contributed by atoms with Crippen molar-refractivity contribution in [1.82, 2.24) is 25.1 Å². The van der Waals surface area contributed by atoms with Gasteiger partial charge in [-0.05, 0) is 25.2 Å². The van der Waals surface area contributed by atoms with Crippen LogP contribution in [0.1, 0.15) is 16.4 Å². The lowest BCUT2D eigenvalue weighted by molar-refractivity contribution is 0.0769. The number of pyridine rings is 1. The molecule has 1 atom stereocenters. The molecule has 184 valence electrons. The molecule has 1 amide bonds. The quantitative estimate of drug-likeness (QED) is 0.546. The zero-order chi connectivity index (χ0) is 24.2. The number of nitrogens with zero attached hydrogens (tertiary/aromatic N) is 4. The second-order valence-corrected chi connectivity index (χ2v) is 8.67. The first kappa shape index (κ1) is 23.1. The number of ether oxygens (including phenoxy) is 3. The summed E-state index contributed by atoms with van der Waals surface area (Å²) in [4.78, 5) is 25.9. The standard InChI is InChI=1S/C25H29N5O5/c1-29-9-11-30(12-10-29)15-17-13-27-25(35-17)24(31)26-14-18-16-33-21-7-3-5-19(23(21)34-18)20-6-4-8-22(28-20)32-2/h3-8,13,18H,9-12,14-16H2,1-2H3,(H,26,31). The fourth-order valence-electron chi connectivity index (χ4n) is 4.11. The van der Waals surface area contributed by atoms with Gasteiger partial charge in [-0.2, -0.15) is 0 Å². The van der Waals surface area contributed by atoms with Crippen LogP contribution in [0.4, 0.5) is 0 Å². The minimum atomic E-state index is -0.383. The Morgan fingerprint density at radius 1 is 1.17 bits per heavy atom. The third-order valence-corrected chi connectivity index (χ3v) is 6.11.